The molecular formula is C12H16ClNO2. The second-order valence-corrected chi connectivity index (χ2v) is 4.40. The van der Waals surface area contributed by atoms with Crippen LogP contribution in [0.25, 0.3) is 0 Å². The van der Waals surface area contributed by atoms with Gasteiger partial charge in [-0.15, -0.1) is 0 Å². The third kappa shape index (κ3) is 3.22. The summed E-state index contributed by atoms with van der Waals surface area (Å²) in [7, 11) is 0. The molecule has 3 nitrogen and oxygen atoms in total. The zero-order valence-electron chi connectivity index (χ0n) is 9.46. The van der Waals surface area contributed by atoms with Gasteiger partial charge in [-0.2, -0.15) is 0 Å². The second-order valence-electron chi connectivity index (χ2n) is 4.00. The molecule has 4 heteroatoms. The van der Waals surface area contributed by atoms with Crippen LogP contribution in [0, 0.1) is 13.8 Å². The van der Waals surface area contributed by atoms with Crippen molar-refractivity contribution in [1.82, 2.24) is 0 Å². The number of aryl methyl sites for hydroxylation is 2. The lowest BCUT2D eigenvalue weighted by Gasteiger charge is -2.14. The molecule has 0 radical (unpaired) electrons. The summed E-state index contributed by atoms with van der Waals surface area (Å²) in [5.74, 6) is -0.838. The minimum absolute atomic E-state index is 0.0599. The molecule has 0 saturated heterocycles. The summed E-state index contributed by atoms with van der Waals surface area (Å²) < 4.78 is 0. The molecule has 3 N–H and O–H groups in total. The van der Waals surface area contributed by atoms with E-state index in [0.717, 1.165) is 16.7 Å². The number of rotatable bonds is 4. The minimum atomic E-state index is -0.838. The van der Waals surface area contributed by atoms with Gasteiger partial charge in [0.1, 0.15) is 0 Å². The molecule has 16 heavy (non-hydrogen) atoms. The van der Waals surface area contributed by atoms with Crippen LogP contribution in [0.5, 0.6) is 0 Å². The first kappa shape index (κ1) is 13.0. The van der Waals surface area contributed by atoms with Crippen molar-refractivity contribution >= 4 is 17.6 Å². The van der Waals surface area contributed by atoms with Crippen LogP contribution >= 0.6 is 11.6 Å². The van der Waals surface area contributed by atoms with Crippen LogP contribution in [0.15, 0.2) is 12.1 Å². The predicted molar refractivity (Wildman–Crippen MR) is 64.7 cm³/mol. The van der Waals surface area contributed by atoms with Crippen molar-refractivity contribution in [3.63, 3.8) is 0 Å². The second kappa shape index (κ2) is 5.32. The van der Waals surface area contributed by atoms with Crippen LogP contribution in [0.1, 0.15) is 35.6 Å². The molecule has 0 amide bonds. The SMILES string of the molecule is Cc1cc(Cl)c(C(N)CCC(=O)O)cc1C. The summed E-state index contributed by atoms with van der Waals surface area (Å²) in [5, 5.41) is 9.20. The van der Waals surface area contributed by atoms with E-state index in [1.165, 1.54) is 0 Å². The van der Waals surface area contributed by atoms with Crippen molar-refractivity contribution in [2.24, 2.45) is 5.73 Å². The summed E-state index contributed by atoms with van der Waals surface area (Å²) in [6.07, 6.45) is 0.460. The van der Waals surface area contributed by atoms with E-state index in [9.17, 15) is 4.79 Å². The standard InChI is InChI=1S/C12H16ClNO2/c1-7-5-9(10(13)6-8(7)2)11(14)3-4-12(15)16/h5-6,11H,3-4,14H2,1-2H3,(H,15,16). The van der Waals surface area contributed by atoms with Crippen molar-refractivity contribution in [1.29, 1.82) is 0 Å². The van der Waals surface area contributed by atoms with Gasteiger partial charge in [-0.25, -0.2) is 0 Å². The zero-order chi connectivity index (χ0) is 12.3. The molecule has 0 fully saturated rings. The maximum atomic E-state index is 10.5. The zero-order valence-corrected chi connectivity index (χ0v) is 10.2. The highest BCUT2D eigenvalue weighted by molar-refractivity contribution is 6.31. The molecular weight excluding hydrogens is 226 g/mol. The monoisotopic (exact) mass is 241 g/mol. The summed E-state index contributed by atoms with van der Waals surface area (Å²) in [6, 6.07) is 3.49. The van der Waals surface area contributed by atoms with E-state index in [1.54, 1.807) is 0 Å². The molecule has 0 bridgehead atoms. The number of hydrogen-bond donors (Lipinski definition) is 2. The Morgan fingerprint density at radius 1 is 1.44 bits per heavy atom. The van der Waals surface area contributed by atoms with E-state index in [-0.39, 0.29) is 12.5 Å². The Kier molecular flexibility index (Phi) is 4.33. The Balaban J connectivity index is 2.86. The lowest BCUT2D eigenvalue weighted by atomic mass is 9.98. The van der Waals surface area contributed by atoms with Gasteiger partial charge < -0.3 is 10.8 Å². The van der Waals surface area contributed by atoms with Gasteiger partial charge in [0.15, 0.2) is 0 Å². The first-order valence-electron chi connectivity index (χ1n) is 5.16. The van der Waals surface area contributed by atoms with Crippen LogP contribution in [0.3, 0.4) is 0 Å². The fourth-order valence-corrected chi connectivity index (χ4v) is 1.88. The number of benzene rings is 1. The van der Waals surface area contributed by atoms with E-state index in [4.69, 9.17) is 22.4 Å². The first-order chi connectivity index (χ1) is 7.41. The number of carboxylic acid groups (broad SMARTS) is 1. The van der Waals surface area contributed by atoms with Gasteiger partial charge in [-0.05, 0) is 43.0 Å². The molecule has 0 heterocycles. The molecule has 0 aliphatic carbocycles. The molecule has 0 aromatic heterocycles. The van der Waals surface area contributed by atoms with E-state index in [2.05, 4.69) is 0 Å². The number of hydrogen-bond acceptors (Lipinski definition) is 2. The smallest absolute Gasteiger partial charge is 0.303 e. The fourth-order valence-electron chi connectivity index (χ4n) is 1.52. The average molecular weight is 242 g/mol. The quantitative estimate of drug-likeness (QED) is 0.852. The van der Waals surface area contributed by atoms with Crippen molar-refractivity contribution < 1.29 is 9.90 Å². The van der Waals surface area contributed by atoms with Gasteiger partial charge in [0.2, 0.25) is 0 Å². The molecule has 0 saturated carbocycles. The topological polar surface area (TPSA) is 63.3 Å². The summed E-state index contributed by atoms with van der Waals surface area (Å²) in [4.78, 5) is 10.5. The Labute approximate surface area is 100 Å². The Hall–Kier alpha value is -1.06. The van der Waals surface area contributed by atoms with E-state index in [0.29, 0.717) is 11.4 Å². The van der Waals surface area contributed by atoms with Crippen LogP contribution in [-0.2, 0) is 4.79 Å². The number of aliphatic carboxylic acids is 1. The van der Waals surface area contributed by atoms with Gasteiger partial charge in [-0.3, -0.25) is 4.79 Å². The van der Waals surface area contributed by atoms with Crippen molar-refractivity contribution in [3.8, 4) is 0 Å². The lowest BCUT2D eigenvalue weighted by molar-refractivity contribution is -0.137. The highest BCUT2D eigenvalue weighted by Gasteiger charge is 2.13. The largest absolute Gasteiger partial charge is 0.481 e. The number of carboxylic acids is 1. The van der Waals surface area contributed by atoms with Crippen molar-refractivity contribution in [2.75, 3.05) is 0 Å². The normalized spacial score (nSPS) is 12.5. The van der Waals surface area contributed by atoms with Crippen LogP contribution in [-0.4, -0.2) is 11.1 Å². The summed E-state index contributed by atoms with van der Waals surface area (Å²) in [6.45, 7) is 3.97. The Morgan fingerprint density at radius 3 is 2.56 bits per heavy atom. The molecule has 1 atom stereocenters. The van der Waals surface area contributed by atoms with Crippen LogP contribution < -0.4 is 5.73 Å². The number of carbonyl (C=O) groups is 1. The van der Waals surface area contributed by atoms with E-state index < -0.39 is 5.97 Å². The lowest BCUT2D eigenvalue weighted by Crippen LogP contribution is -2.13. The Bertz CT molecular complexity index is 404. The molecule has 0 aliphatic rings. The number of nitrogens with two attached hydrogens (primary N) is 1. The maximum Gasteiger partial charge on any atom is 0.303 e. The average Bonchev–Trinajstić information content (AvgIpc) is 2.20. The van der Waals surface area contributed by atoms with E-state index in [1.807, 2.05) is 26.0 Å². The predicted octanol–water partition coefficient (Wildman–Crippen LogP) is 2.82. The number of halogens is 1. The summed E-state index contributed by atoms with van der Waals surface area (Å²) in [5.41, 5.74) is 8.97. The van der Waals surface area contributed by atoms with Gasteiger partial charge >= 0.3 is 5.97 Å². The van der Waals surface area contributed by atoms with Crippen LogP contribution in [0.4, 0.5) is 0 Å². The summed E-state index contributed by atoms with van der Waals surface area (Å²) >= 11 is 6.08. The maximum absolute atomic E-state index is 10.5. The minimum Gasteiger partial charge on any atom is -0.481 e. The highest BCUT2D eigenvalue weighted by Crippen LogP contribution is 2.27. The molecule has 0 spiro atoms. The third-order valence-corrected chi connectivity index (χ3v) is 3.01. The van der Waals surface area contributed by atoms with Gasteiger partial charge in [0, 0.05) is 17.5 Å². The van der Waals surface area contributed by atoms with E-state index >= 15 is 0 Å². The molecule has 1 aromatic rings. The first-order valence-corrected chi connectivity index (χ1v) is 5.53. The Morgan fingerprint density at radius 2 is 2.00 bits per heavy atom. The van der Waals surface area contributed by atoms with Gasteiger partial charge in [-0.1, -0.05) is 17.7 Å². The highest BCUT2D eigenvalue weighted by atomic mass is 35.5. The molecule has 1 aromatic carbocycles. The third-order valence-electron chi connectivity index (χ3n) is 2.68. The van der Waals surface area contributed by atoms with Crippen molar-refractivity contribution in [3.05, 3.63) is 33.8 Å². The van der Waals surface area contributed by atoms with Gasteiger partial charge in [0.05, 0.1) is 0 Å². The van der Waals surface area contributed by atoms with Crippen LogP contribution in [0.2, 0.25) is 5.02 Å². The van der Waals surface area contributed by atoms with Crippen molar-refractivity contribution in [2.45, 2.75) is 32.7 Å². The molecule has 88 valence electrons. The van der Waals surface area contributed by atoms with Gasteiger partial charge in [0.25, 0.3) is 0 Å². The molecule has 1 unspecified atom stereocenters. The molecule has 0 aliphatic heterocycles. The molecule has 1 rings (SSSR count). The fraction of sp³-hybridized carbons (Fsp3) is 0.417.